The quantitative estimate of drug-likeness (QED) is 0.289. The monoisotopic (exact) mass is 678 g/mol. The van der Waals surface area contributed by atoms with Crippen LogP contribution in [-0.4, -0.2) is 85.1 Å². The van der Waals surface area contributed by atoms with Crippen molar-refractivity contribution in [3.05, 3.63) is 105 Å². The third-order valence-electron chi connectivity index (χ3n) is 9.56. The Labute approximate surface area is 283 Å². The van der Waals surface area contributed by atoms with Crippen molar-refractivity contribution < 1.29 is 22.7 Å². The molecule has 2 aliphatic heterocycles. The van der Waals surface area contributed by atoms with Crippen molar-refractivity contribution in [2.75, 3.05) is 58.7 Å². The molecule has 0 spiro atoms. The average Bonchev–Trinajstić information content (AvgIpc) is 3.50. The Balaban J connectivity index is 1.19. The molecule has 0 saturated carbocycles. The molecule has 1 N–H and O–H groups in total. The molecule has 1 aromatic heterocycles. The second-order valence-corrected chi connectivity index (χ2v) is 13.6. The van der Waals surface area contributed by atoms with Crippen molar-refractivity contribution >= 4 is 17.7 Å². The molecule has 1 amide bonds. The molecule has 254 valence electrons. The van der Waals surface area contributed by atoms with Crippen LogP contribution in [0.1, 0.15) is 22.7 Å². The molecule has 1 saturated heterocycles. The number of rotatable bonds is 11. The van der Waals surface area contributed by atoms with E-state index in [4.69, 9.17) is 4.74 Å². The lowest BCUT2D eigenvalue weighted by Crippen LogP contribution is -2.51. The molecule has 3 unspecified atom stereocenters. The van der Waals surface area contributed by atoms with Crippen LogP contribution < -0.4 is 15.6 Å². The minimum atomic E-state index is -1.51. The van der Waals surface area contributed by atoms with Gasteiger partial charge in [-0.25, -0.2) is 13.2 Å². The van der Waals surface area contributed by atoms with Gasteiger partial charge in [0.2, 0.25) is 5.91 Å². The average molecular weight is 679 g/mol. The number of alkyl halides is 1. The highest BCUT2D eigenvalue weighted by Crippen LogP contribution is 2.42. The first-order valence-electron chi connectivity index (χ1n) is 16.4. The minimum Gasteiger partial charge on any atom is -0.494 e. The first kappa shape index (κ1) is 34.1. The smallest absolute Gasteiger partial charge is 0.260 e. The number of methoxy groups -OCH3 is 1. The van der Waals surface area contributed by atoms with Gasteiger partial charge in [-0.15, -0.1) is 11.8 Å². The molecule has 2 aromatic carbocycles. The lowest BCUT2D eigenvalue weighted by Gasteiger charge is -2.35. The summed E-state index contributed by atoms with van der Waals surface area (Å²) < 4.78 is 52.6. The fraction of sp³-hybridized carbons (Fsp3) is 0.405. The van der Waals surface area contributed by atoms with E-state index in [2.05, 4.69) is 15.1 Å². The molecule has 0 bridgehead atoms. The molecule has 1 fully saturated rings. The van der Waals surface area contributed by atoms with Crippen LogP contribution in [0.25, 0.3) is 11.1 Å². The van der Waals surface area contributed by atoms with E-state index in [9.17, 15) is 14.0 Å². The third-order valence-corrected chi connectivity index (χ3v) is 10.8. The molecule has 7 nitrogen and oxygen atoms in total. The number of piperazine rings is 1. The van der Waals surface area contributed by atoms with Crippen molar-refractivity contribution in [2.24, 2.45) is 5.92 Å². The Kier molecular flexibility index (Phi) is 10.8. The van der Waals surface area contributed by atoms with Gasteiger partial charge in [-0.05, 0) is 54.7 Å². The van der Waals surface area contributed by atoms with Crippen LogP contribution in [-0.2, 0) is 17.6 Å². The van der Waals surface area contributed by atoms with Gasteiger partial charge in [0.05, 0.1) is 30.3 Å². The number of nitrogens with one attached hydrogen (secondary N) is 1. The molecule has 3 aliphatic rings. The zero-order valence-corrected chi connectivity index (χ0v) is 28.1. The van der Waals surface area contributed by atoms with E-state index in [1.165, 1.54) is 48.7 Å². The Morgan fingerprint density at radius 1 is 1.04 bits per heavy atom. The maximum atomic E-state index is 15.7. The van der Waals surface area contributed by atoms with Crippen LogP contribution in [0, 0.1) is 18.7 Å². The number of carbonyl (C=O) groups excluding carboxylic acids is 1. The number of carbonyl (C=O) groups is 1. The van der Waals surface area contributed by atoms with Crippen LogP contribution in [0.2, 0.25) is 0 Å². The number of fused-ring (bicyclic) bond motifs is 1. The number of hydrogen-bond acceptors (Lipinski definition) is 6. The number of nitrogens with zero attached hydrogens (tertiary/aromatic N) is 3. The van der Waals surface area contributed by atoms with E-state index in [-0.39, 0.29) is 40.8 Å². The number of benzene rings is 2. The summed E-state index contributed by atoms with van der Waals surface area (Å²) >= 11 is 1.51. The fourth-order valence-corrected chi connectivity index (χ4v) is 8.28. The van der Waals surface area contributed by atoms with Crippen molar-refractivity contribution in [1.82, 2.24) is 19.7 Å². The topological polar surface area (TPSA) is 66.8 Å². The fourth-order valence-electron chi connectivity index (χ4n) is 6.89. The molecule has 3 aromatic rings. The van der Waals surface area contributed by atoms with Gasteiger partial charge in [-0.2, -0.15) is 0 Å². The maximum absolute atomic E-state index is 15.7. The number of thioether (sulfide) groups is 1. The van der Waals surface area contributed by atoms with Gasteiger partial charge in [0.25, 0.3) is 5.56 Å². The lowest BCUT2D eigenvalue weighted by atomic mass is 9.87. The molecule has 1 aliphatic carbocycles. The number of allylic oxidation sites excluding steroid dienone is 4. The summed E-state index contributed by atoms with van der Waals surface area (Å²) in [7, 11) is 1.37. The zero-order chi connectivity index (χ0) is 33.8. The summed E-state index contributed by atoms with van der Waals surface area (Å²) in [6, 6.07) is 14.5. The highest BCUT2D eigenvalue weighted by atomic mass is 32.2. The van der Waals surface area contributed by atoms with Gasteiger partial charge in [-0.3, -0.25) is 24.0 Å². The number of hydrogen-bond donors (Lipinski definition) is 1. The normalized spacial score (nSPS) is 21.2. The maximum Gasteiger partial charge on any atom is 0.260 e. The Morgan fingerprint density at radius 3 is 2.52 bits per heavy atom. The molecule has 6 rings (SSSR count). The molecule has 48 heavy (non-hydrogen) atoms. The van der Waals surface area contributed by atoms with Gasteiger partial charge >= 0.3 is 0 Å². The Bertz CT molecular complexity index is 1750. The molecule has 3 atom stereocenters. The number of aromatic nitrogens is 1. The first-order chi connectivity index (χ1) is 23.2. The summed E-state index contributed by atoms with van der Waals surface area (Å²) in [5.74, 6) is -1.60. The SMILES string of the molecule is COc1cccc(-c2c(C)c(CC3C(F)=CC=CC3F)c3n(c2=O)C(CN2CCN(CC(=O)NCCc4ccccc4)CC2)CS3)c1F. The van der Waals surface area contributed by atoms with E-state index in [0.29, 0.717) is 54.6 Å². The van der Waals surface area contributed by atoms with Crippen molar-refractivity contribution in [2.45, 2.75) is 37.0 Å². The predicted octanol–water partition coefficient (Wildman–Crippen LogP) is 5.51. The number of amides is 1. The van der Waals surface area contributed by atoms with Gasteiger partial charge in [0.1, 0.15) is 12.0 Å². The lowest BCUT2D eigenvalue weighted by molar-refractivity contribution is -0.122. The number of halogens is 3. The largest absolute Gasteiger partial charge is 0.494 e. The summed E-state index contributed by atoms with van der Waals surface area (Å²) in [5, 5.41) is 3.71. The Hall–Kier alpha value is -3.80. The molecule has 11 heteroatoms. The van der Waals surface area contributed by atoms with Crippen molar-refractivity contribution in [3.63, 3.8) is 0 Å². The van der Waals surface area contributed by atoms with E-state index >= 15 is 8.78 Å². The molecular weight excluding hydrogens is 637 g/mol. The van der Waals surface area contributed by atoms with Crippen LogP contribution in [0.4, 0.5) is 13.2 Å². The van der Waals surface area contributed by atoms with Crippen molar-refractivity contribution in [3.8, 4) is 16.9 Å². The summed E-state index contributed by atoms with van der Waals surface area (Å²) in [5.41, 5.74) is 2.34. The molecular formula is C37H41F3N4O3S. The van der Waals surface area contributed by atoms with Gasteiger partial charge < -0.3 is 10.1 Å². The Morgan fingerprint density at radius 2 is 1.79 bits per heavy atom. The molecule has 3 heterocycles. The van der Waals surface area contributed by atoms with E-state index in [0.717, 1.165) is 19.5 Å². The second kappa shape index (κ2) is 15.2. The van der Waals surface area contributed by atoms with Crippen LogP contribution in [0.3, 0.4) is 0 Å². The minimum absolute atomic E-state index is 0.00233. The summed E-state index contributed by atoms with van der Waals surface area (Å²) in [4.78, 5) is 31.3. The first-order valence-corrected chi connectivity index (χ1v) is 17.4. The van der Waals surface area contributed by atoms with Gasteiger partial charge in [0.15, 0.2) is 11.6 Å². The number of pyridine rings is 1. The standard InChI is InChI=1S/C37H41F3N4O3S/c1-24-28(20-29-30(38)11-7-12-31(29)39)37-44(36(46)34(24)27-10-6-13-32(47-2)35(27)40)26(23-48-37)21-42-16-18-43(19-17-42)22-33(45)41-15-14-25-8-4-3-5-9-25/h3-13,26,29-30H,14-23H2,1-2H3,(H,41,45). The van der Waals surface area contributed by atoms with Crippen LogP contribution in [0.5, 0.6) is 5.75 Å². The predicted molar refractivity (Wildman–Crippen MR) is 184 cm³/mol. The summed E-state index contributed by atoms with van der Waals surface area (Å²) in [6.45, 7) is 6.14. The van der Waals surface area contributed by atoms with Gasteiger partial charge in [-0.1, -0.05) is 48.5 Å². The second-order valence-electron chi connectivity index (χ2n) is 12.6. The molecule has 0 radical (unpaired) electrons. The van der Waals surface area contributed by atoms with Crippen molar-refractivity contribution in [1.29, 1.82) is 0 Å². The number of ether oxygens (including phenoxy) is 1. The van der Waals surface area contributed by atoms with E-state index in [1.807, 2.05) is 30.3 Å². The van der Waals surface area contributed by atoms with Gasteiger partial charge in [0, 0.05) is 56.5 Å². The van der Waals surface area contributed by atoms with E-state index in [1.54, 1.807) is 23.6 Å². The highest BCUT2D eigenvalue weighted by molar-refractivity contribution is 7.99. The van der Waals surface area contributed by atoms with Crippen LogP contribution >= 0.6 is 11.8 Å². The van der Waals surface area contributed by atoms with Crippen LogP contribution in [0.15, 0.2) is 82.4 Å². The highest BCUT2D eigenvalue weighted by Gasteiger charge is 2.36. The third kappa shape index (κ3) is 7.28. The van der Waals surface area contributed by atoms with E-state index < -0.39 is 23.7 Å². The zero-order valence-electron chi connectivity index (χ0n) is 27.3. The summed E-state index contributed by atoms with van der Waals surface area (Å²) in [6.07, 6.45) is 3.31.